The summed E-state index contributed by atoms with van der Waals surface area (Å²) in [5, 5.41) is 3.18. The summed E-state index contributed by atoms with van der Waals surface area (Å²) >= 11 is 3.43. The van der Waals surface area contributed by atoms with Gasteiger partial charge in [-0.2, -0.15) is 0 Å². The van der Waals surface area contributed by atoms with Crippen LogP contribution in [0.5, 0.6) is 0 Å². The Kier molecular flexibility index (Phi) is 6.05. The van der Waals surface area contributed by atoms with Crippen molar-refractivity contribution in [1.82, 2.24) is 5.32 Å². The molecule has 4 heteroatoms. The summed E-state index contributed by atoms with van der Waals surface area (Å²) in [6.45, 7) is 3.10. The van der Waals surface area contributed by atoms with Crippen molar-refractivity contribution in [2.75, 3.05) is 13.2 Å². The molecule has 1 N–H and O–H groups in total. The molecule has 2 rings (SSSR count). The minimum absolute atomic E-state index is 0.137. The Morgan fingerprint density at radius 3 is 2.86 bits per heavy atom. The van der Waals surface area contributed by atoms with Gasteiger partial charge >= 0.3 is 5.97 Å². The zero-order chi connectivity index (χ0) is 15.1. The lowest BCUT2D eigenvalue weighted by molar-refractivity contribution is -0.146. The molecule has 0 bridgehead atoms. The molecule has 0 spiro atoms. The first kappa shape index (κ1) is 15.8. The molecule has 0 saturated carbocycles. The minimum atomic E-state index is -0.212. The standard InChI is InChI=1S/C17H20BrNO2/c1-2-21-17(20)16(14-4-3-10-19-11-9-14)12-13-5-7-15(18)8-6-13/h3-8,10,16,19H,2,9,11-12H2,1H3. The number of halogens is 1. The third-order valence-corrected chi connectivity index (χ3v) is 3.98. The van der Waals surface area contributed by atoms with E-state index >= 15 is 0 Å². The fraction of sp³-hybridized carbons (Fsp3) is 0.353. The van der Waals surface area contributed by atoms with Crippen LogP contribution >= 0.6 is 15.9 Å². The molecule has 0 radical (unpaired) electrons. The first-order valence-electron chi connectivity index (χ1n) is 7.20. The van der Waals surface area contributed by atoms with Crippen molar-refractivity contribution in [3.05, 3.63) is 58.2 Å². The van der Waals surface area contributed by atoms with E-state index in [-0.39, 0.29) is 11.9 Å². The quantitative estimate of drug-likeness (QED) is 0.825. The van der Waals surface area contributed by atoms with Gasteiger partial charge in [0.2, 0.25) is 0 Å². The lowest BCUT2D eigenvalue weighted by Crippen LogP contribution is -2.23. The molecule has 0 amide bonds. The lowest BCUT2D eigenvalue weighted by Gasteiger charge is -2.18. The molecule has 0 fully saturated rings. The summed E-state index contributed by atoms with van der Waals surface area (Å²) < 4.78 is 6.30. The van der Waals surface area contributed by atoms with E-state index in [0.717, 1.165) is 28.6 Å². The van der Waals surface area contributed by atoms with Crippen LogP contribution in [0.1, 0.15) is 18.9 Å². The molecule has 1 aromatic rings. The van der Waals surface area contributed by atoms with Crippen LogP contribution in [-0.2, 0) is 16.0 Å². The van der Waals surface area contributed by atoms with Gasteiger partial charge in [0.15, 0.2) is 0 Å². The van der Waals surface area contributed by atoms with Crippen LogP contribution in [0.2, 0.25) is 0 Å². The fourth-order valence-electron chi connectivity index (χ4n) is 2.38. The molecule has 1 aliphatic heterocycles. The first-order chi connectivity index (χ1) is 10.2. The third kappa shape index (κ3) is 4.74. The number of rotatable bonds is 5. The highest BCUT2D eigenvalue weighted by atomic mass is 79.9. The SMILES string of the molecule is CCOC(=O)C(Cc1ccc(Br)cc1)C1=CC=CNCC1. The van der Waals surface area contributed by atoms with Crippen molar-refractivity contribution in [3.63, 3.8) is 0 Å². The highest BCUT2D eigenvalue weighted by Gasteiger charge is 2.24. The molecule has 3 nitrogen and oxygen atoms in total. The maximum atomic E-state index is 12.3. The zero-order valence-electron chi connectivity index (χ0n) is 12.1. The van der Waals surface area contributed by atoms with Crippen LogP contribution in [0.25, 0.3) is 0 Å². The highest BCUT2D eigenvalue weighted by molar-refractivity contribution is 9.10. The Balaban J connectivity index is 2.19. The Bertz CT molecular complexity index is 534. The van der Waals surface area contributed by atoms with Gasteiger partial charge in [-0.05, 0) is 49.7 Å². The smallest absolute Gasteiger partial charge is 0.313 e. The summed E-state index contributed by atoms with van der Waals surface area (Å²) in [6, 6.07) is 8.09. The summed E-state index contributed by atoms with van der Waals surface area (Å²) in [5.74, 6) is -0.349. The number of esters is 1. The number of carbonyl (C=O) groups is 1. The van der Waals surface area contributed by atoms with Crippen LogP contribution in [0.15, 0.2) is 52.7 Å². The summed E-state index contributed by atoms with van der Waals surface area (Å²) in [4.78, 5) is 12.3. The maximum Gasteiger partial charge on any atom is 0.313 e. The van der Waals surface area contributed by atoms with Gasteiger partial charge < -0.3 is 10.1 Å². The summed E-state index contributed by atoms with van der Waals surface area (Å²) in [6.07, 6.45) is 7.42. The normalized spacial score (nSPS) is 15.6. The molecule has 1 aromatic carbocycles. The van der Waals surface area contributed by atoms with Gasteiger partial charge in [0, 0.05) is 11.0 Å². The number of allylic oxidation sites excluding steroid dienone is 2. The molecular weight excluding hydrogens is 330 g/mol. The van der Waals surface area contributed by atoms with Crippen LogP contribution in [0, 0.1) is 5.92 Å². The predicted octanol–water partition coefficient (Wildman–Crippen LogP) is 3.60. The largest absolute Gasteiger partial charge is 0.466 e. The van der Waals surface area contributed by atoms with Crippen LogP contribution in [-0.4, -0.2) is 19.1 Å². The number of benzene rings is 1. The monoisotopic (exact) mass is 349 g/mol. The number of hydrogen-bond acceptors (Lipinski definition) is 3. The average molecular weight is 350 g/mol. The molecule has 1 unspecified atom stereocenters. The van der Waals surface area contributed by atoms with Gasteiger partial charge in [-0.1, -0.05) is 39.7 Å². The highest BCUT2D eigenvalue weighted by Crippen LogP contribution is 2.23. The second kappa shape index (κ2) is 8.03. The van der Waals surface area contributed by atoms with Gasteiger partial charge in [0.1, 0.15) is 0 Å². The van der Waals surface area contributed by atoms with Crippen molar-refractivity contribution < 1.29 is 9.53 Å². The minimum Gasteiger partial charge on any atom is -0.466 e. The van der Waals surface area contributed by atoms with Gasteiger partial charge in [0.05, 0.1) is 12.5 Å². The van der Waals surface area contributed by atoms with Crippen LogP contribution in [0.3, 0.4) is 0 Å². The number of nitrogens with one attached hydrogen (secondary N) is 1. The second-order valence-corrected chi connectivity index (χ2v) is 5.86. The third-order valence-electron chi connectivity index (χ3n) is 3.45. The topological polar surface area (TPSA) is 38.3 Å². The van der Waals surface area contributed by atoms with Crippen LogP contribution in [0.4, 0.5) is 0 Å². The molecule has 1 aliphatic rings. The molecular formula is C17H20BrNO2. The Morgan fingerprint density at radius 1 is 1.38 bits per heavy atom. The summed E-state index contributed by atoms with van der Waals surface area (Å²) in [5.41, 5.74) is 2.26. The molecule has 0 aliphatic carbocycles. The molecule has 21 heavy (non-hydrogen) atoms. The van der Waals surface area contributed by atoms with Crippen LogP contribution < -0.4 is 5.32 Å². The number of ether oxygens (including phenoxy) is 1. The van der Waals surface area contributed by atoms with Crippen molar-refractivity contribution >= 4 is 21.9 Å². The van der Waals surface area contributed by atoms with E-state index in [2.05, 4.69) is 21.2 Å². The average Bonchev–Trinajstić information content (AvgIpc) is 2.76. The first-order valence-corrected chi connectivity index (χ1v) is 8.00. The van der Waals surface area contributed by atoms with Crippen molar-refractivity contribution in [3.8, 4) is 0 Å². The van der Waals surface area contributed by atoms with Gasteiger partial charge in [-0.15, -0.1) is 0 Å². The zero-order valence-corrected chi connectivity index (χ0v) is 13.7. The summed E-state index contributed by atoms with van der Waals surface area (Å²) in [7, 11) is 0. The van der Waals surface area contributed by atoms with Gasteiger partial charge in [-0.25, -0.2) is 0 Å². The van der Waals surface area contributed by atoms with Crippen molar-refractivity contribution in [1.29, 1.82) is 0 Å². The van der Waals surface area contributed by atoms with Gasteiger partial charge in [0.25, 0.3) is 0 Å². The second-order valence-electron chi connectivity index (χ2n) is 4.94. The van der Waals surface area contributed by atoms with E-state index in [1.54, 1.807) is 0 Å². The van der Waals surface area contributed by atoms with Crippen molar-refractivity contribution in [2.24, 2.45) is 5.92 Å². The molecule has 0 aromatic heterocycles. The van der Waals surface area contributed by atoms with Gasteiger partial charge in [-0.3, -0.25) is 4.79 Å². The molecule has 1 heterocycles. The van der Waals surface area contributed by atoms with E-state index in [4.69, 9.17) is 4.74 Å². The number of hydrogen-bond donors (Lipinski definition) is 1. The fourth-order valence-corrected chi connectivity index (χ4v) is 2.64. The molecule has 1 atom stereocenters. The Labute approximate surface area is 134 Å². The van der Waals surface area contributed by atoms with E-state index < -0.39 is 0 Å². The van der Waals surface area contributed by atoms with E-state index in [1.165, 1.54) is 0 Å². The van der Waals surface area contributed by atoms with Crippen molar-refractivity contribution in [2.45, 2.75) is 19.8 Å². The van der Waals surface area contributed by atoms with E-state index in [0.29, 0.717) is 13.0 Å². The predicted molar refractivity (Wildman–Crippen MR) is 87.8 cm³/mol. The molecule has 0 saturated heterocycles. The molecule has 112 valence electrons. The number of carbonyl (C=O) groups excluding carboxylic acids is 1. The Hall–Kier alpha value is -1.55. The van der Waals surface area contributed by atoms with E-state index in [1.807, 2.05) is 49.5 Å². The lowest BCUT2D eigenvalue weighted by atomic mass is 9.89. The maximum absolute atomic E-state index is 12.3. The Morgan fingerprint density at radius 2 is 2.14 bits per heavy atom. The van der Waals surface area contributed by atoms with E-state index in [9.17, 15) is 4.79 Å².